The minimum atomic E-state index is -4.81. The van der Waals surface area contributed by atoms with Gasteiger partial charge >= 0.3 is 6.36 Å². The van der Waals surface area contributed by atoms with Gasteiger partial charge in [0.15, 0.2) is 11.7 Å². The topological polar surface area (TPSA) is 88.7 Å². The van der Waals surface area contributed by atoms with Crippen molar-refractivity contribution in [1.82, 2.24) is 5.32 Å². The summed E-state index contributed by atoms with van der Waals surface area (Å²) in [6, 6.07) is 5.46. The third-order valence-electron chi connectivity index (χ3n) is 2.45. The Morgan fingerprint density at radius 1 is 1.33 bits per heavy atom. The summed E-state index contributed by atoms with van der Waals surface area (Å²) in [5.74, 6) is -0.714. The fourth-order valence-corrected chi connectivity index (χ4v) is 1.63. The van der Waals surface area contributed by atoms with Crippen LogP contribution >= 0.6 is 24.0 Å². The molecule has 24 heavy (non-hydrogen) atoms. The van der Waals surface area contributed by atoms with Crippen LogP contribution in [0.4, 0.5) is 18.9 Å². The van der Waals surface area contributed by atoms with Crippen LogP contribution in [0.15, 0.2) is 29.3 Å². The van der Waals surface area contributed by atoms with E-state index < -0.39 is 12.1 Å². The van der Waals surface area contributed by atoms with Crippen LogP contribution in [0.1, 0.15) is 20.3 Å². The molecule has 0 aliphatic rings. The minimum absolute atomic E-state index is 0. The quantitative estimate of drug-likeness (QED) is 0.346. The zero-order chi connectivity index (χ0) is 17.5. The van der Waals surface area contributed by atoms with Crippen molar-refractivity contribution in [2.45, 2.75) is 32.7 Å². The Hall–Kier alpha value is -1.72. The highest BCUT2D eigenvalue weighted by molar-refractivity contribution is 14.0. The van der Waals surface area contributed by atoms with Gasteiger partial charge in [-0.3, -0.25) is 9.79 Å². The number of benzene rings is 1. The third kappa shape index (κ3) is 9.43. The van der Waals surface area contributed by atoms with Crippen LogP contribution in [0.5, 0.6) is 5.75 Å². The van der Waals surface area contributed by atoms with Crippen molar-refractivity contribution < 1.29 is 22.7 Å². The average molecular weight is 460 g/mol. The predicted molar refractivity (Wildman–Crippen MR) is 96.5 cm³/mol. The van der Waals surface area contributed by atoms with Crippen LogP contribution in [0, 0.1) is 0 Å². The predicted octanol–water partition coefficient (Wildman–Crippen LogP) is 2.84. The van der Waals surface area contributed by atoms with Crippen molar-refractivity contribution in [3.8, 4) is 5.75 Å². The molecule has 10 heteroatoms. The molecule has 6 nitrogen and oxygen atoms in total. The number of nitrogens with zero attached hydrogens (tertiary/aromatic N) is 1. The molecule has 1 aromatic carbocycles. The van der Waals surface area contributed by atoms with E-state index in [2.05, 4.69) is 20.4 Å². The first-order chi connectivity index (χ1) is 10.7. The maximum Gasteiger partial charge on any atom is 0.573 e. The Morgan fingerprint density at radius 2 is 1.96 bits per heavy atom. The average Bonchev–Trinajstić information content (AvgIpc) is 2.38. The molecule has 0 unspecified atom stereocenters. The Kier molecular flexibility index (Phi) is 9.48. The molecule has 4 N–H and O–H groups in total. The highest BCUT2D eigenvalue weighted by Gasteiger charge is 2.32. The van der Waals surface area contributed by atoms with Crippen LogP contribution in [-0.4, -0.2) is 30.8 Å². The van der Waals surface area contributed by atoms with Crippen molar-refractivity contribution in [3.63, 3.8) is 0 Å². The van der Waals surface area contributed by atoms with Gasteiger partial charge in [0.1, 0.15) is 0 Å². The number of alkyl halides is 3. The lowest BCUT2D eigenvalue weighted by Gasteiger charge is -2.14. The van der Waals surface area contributed by atoms with Gasteiger partial charge in [0.05, 0.1) is 12.2 Å². The number of nitrogens with two attached hydrogens (primary N) is 1. The van der Waals surface area contributed by atoms with Crippen molar-refractivity contribution >= 4 is 41.5 Å². The Morgan fingerprint density at radius 3 is 2.54 bits per heavy atom. The van der Waals surface area contributed by atoms with E-state index in [4.69, 9.17) is 5.73 Å². The molecule has 0 aliphatic heterocycles. The molecule has 0 fully saturated rings. The number of hydrogen-bond donors (Lipinski definition) is 3. The Labute approximate surface area is 155 Å². The van der Waals surface area contributed by atoms with Crippen molar-refractivity contribution in [1.29, 1.82) is 0 Å². The normalized spacial score (nSPS) is 11.7. The van der Waals surface area contributed by atoms with Crippen molar-refractivity contribution in [3.05, 3.63) is 24.3 Å². The molecular weight excluding hydrogens is 440 g/mol. The highest BCUT2D eigenvalue weighted by atomic mass is 127. The van der Waals surface area contributed by atoms with E-state index in [-0.39, 0.29) is 60.5 Å². The van der Waals surface area contributed by atoms with Crippen LogP contribution in [-0.2, 0) is 4.79 Å². The van der Waals surface area contributed by atoms with Crippen LogP contribution in [0.3, 0.4) is 0 Å². The van der Waals surface area contributed by atoms with E-state index in [0.717, 1.165) is 6.07 Å². The number of halogens is 4. The van der Waals surface area contributed by atoms with Crippen LogP contribution in [0.25, 0.3) is 0 Å². The zero-order valence-corrected chi connectivity index (χ0v) is 15.5. The van der Waals surface area contributed by atoms with E-state index >= 15 is 0 Å². The number of aliphatic imine (C=N–C) groups is 1. The molecule has 0 saturated carbocycles. The number of ether oxygens (including phenoxy) is 1. The van der Waals surface area contributed by atoms with Gasteiger partial charge in [0.25, 0.3) is 0 Å². The summed E-state index contributed by atoms with van der Waals surface area (Å²) in [7, 11) is 0. The van der Waals surface area contributed by atoms with Gasteiger partial charge in [0, 0.05) is 12.5 Å². The van der Waals surface area contributed by atoms with E-state index in [1.165, 1.54) is 18.2 Å². The molecule has 0 radical (unpaired) electrons. The number of hydrogen-bond acceptors (Lipinski definition) is 3. The molecule has 1 aromatic rings. The first-order valence-corrected chi connectivity index (χ1v) is 6.88. The summed E-state index contributed by atoms with van der Waals surface area (Å²) in [6.45, 7) is 3.77. The van der Waals surface area contributed by atoms with Gasteiger partial charge in [-0.05, 0) is 26.0 Å². The molecule has 0 heterocycles. The monoisotopic (exact) mass is 460 g/mol. The van der Waals surface area contributed by atoms with E-state index in [1.54, 1.807) is 0 Å². The van der Waals surface area contributed by atoms with E-state index in [0.29, 0.717) is 0 Å². The molecule has 136 valence electrons. The van der Waals surface area contributed by atoms with E-state index in [9.17, 15) is 18.0 Å². The summed E-state index contributed by atoms with van der Waals surface area (Å²) in [5.41, 5.74) is 5.62. The summed E-state index contributed by atoms with van der Waals surface area (Å²) in [5, 5.41) is 5.21. The molecule has 0 saturated heterocycles. The van der Waals surface area contributed by atoms with Gasteiger partial charge in [-0.2, -0.15) is 0 Å². The summed E-state index contributed by atoms with van der Waals surface area (Å²) in [4.78, 5) is 15.3. The molecule has 1 rings (SSSR count). The summed E-state index contributed by atoms with van der Waals surface area (Å²) in [6.07, 6.45) is -4.68. The van der Waals surface area contributed by atoms with Gasteiger partial charge < -0.3 is 21.1 Å². The number of anilines is 1. The van der Waals surface area contributed by atoms with Crippen LogP contribution < -0.4 is 21.1 Å². The van der Waals surface area contributed by atoms with Gasteiger partial charge in [-0.1, -0.05) is 12.1 Å². The number of nitrogens with one attached hydrogen (secondary N) is 2. The number of para-hydroxylation sites is 2. The lowest BCUT2D eigenvalue weighted by atomic mass is 10.3. The first-order valence-electron chi connectivity index (χ1n) is 6.88. The molecule has 0 atom stereocenters. The molecule has 0 spiro atoms. The fraction of sp³-hybridized carbons (Fsp3) is 0.429. The number of guanidine groups is 1. The van der Waals surface area contributed by atoms with Gasteiger partial charge in [-0.15, -0.1) is 37.1 Å². The van der Waals surface area contributed by atoms with Gasteiger partial charge in [-0.25, -0.2) is 0 Å². The smallest absolute Gasteiger partial charge is 0.404 e. The molecular formula is C14H20F3IN4O2. The van der Waals surface area contributed by atoms with E-state index in [1.807, 2.05) is 13.8 Å². The molecule has 0 aromatic heterocycles. The standard InChI is InChI=1S/C14H19F3N4O2.HI/c1-9(2)20-12(22)7-8-19-13(18)21-10-5-3-4-6-11(10)23-14(15,16)17;/h3-6,9H,7-8H2,1-2H3,(H,20,22)(H3,18,19,21);1H. The number of amides is 1. The van der Waals surface area contributed by atoms with Crippen molar-refractivity contribution in [2.24, 2.45) is 10.7 Å². The zero-order valence-electron chi connectivity index (χ0n) is 13.2. The lowest BCUT2D eigenvalue weighted by Crippen LogP contribution is -2.31. The van der Waals surface area contributed by atoms with Crippen molar-refractivity contribution in [2.75, 3.05) is 11.9 Å². The van der Waals surface area contributed by atoms with Crippen LogP contribution in [0.2, 0.25) is 0 Å². The molecule has 0 aliphatic carbocycles. The Balaban J connectivity index is 0.00000529. The largest absolute Gasteiger partial charge is 0.573 e. The second-order valence-electron chi connectivity index (χ2n) is 4.91. The summed E-state index contributed by atoms with van der Waals surface area (Å²) >= 11 is 0. The first kappa shape index (κ1) is 22.3. The number of carbonyl (C=O) groups is 1. The highest BCUT2D eigenvalue weighted by Crippen LogP contribution is 2.29. The lowest BCUT2D eigenvalue weighted by molar-refractivity contribution is -0.274. The second-order valence-corrected chi connectivity index (χ2v) is 4.91. The second kappa shape index (κ2) is 10.2. The maximum atomic E-state index is 12.3. The molecule has 1 amide bonds. The summed E-state index contributed by atoms with van der Waals surface area (Å²) < 4.78 is 40.8. The fourth-order valence-electron chi connectivity index (χ4n) is 1.63. The SMILES string of the molecule is CC(C)NC(=O)CCN=C(N)Nc1ccccc1OC(F)(F)F.I. The van der Waals surface area contributed by atoms with Gasteiger partial charge in [0.2, 0.25) is 5.91 Å². The minimum Gasteiger partial charge on any atom is -0.404 e. The Bertz CT molecular complexity index is 565. The number of carbonyl (C=O) groups excluding carboxylic acids is 1. The maximum absolute atomic E-state index is 12.3. The molecule has 0 bridgehead atoms. The number of rotatable bonds is 6. The third-order valence-corrected chi connectivity index (χ3v) is 2.45.